The summed E-state index contributed by atoms with van der Waals surface area (Å²) in [6, 6.07) is 6.72. The van der Waals surface area contributed by atoms with Gasteiger partial charge in [0.1, 0.15) is 5.60 Å². The first-order valence-electron chi connectivity index (χ1n) is 8.68. The van der Waals surface area contributed by atoms with Gasteiger partial charge in [0, 0.05) is 44.0 Å². The molecule has 7 nitrogen and oxygen atoms in total. The summed E-state index contributed by atoms with van der Waals surface area (Å²) in [5, 5.41) is 10.8. The van der Waals surface area contributed by atoms with Gasteiger partial charge in [0.2, 0.25) is 0 Å². The summed E-state index contributed by atoms with van der Waals surface area (Å²) in [7, 11) is 0. The summed E-state index contributed by atoms with van der Waals surface area (Å²) in [6.07, 6.45) is 0.883. The third-order valence-corrected chi connectivity index (χ3v) is 4.66. The van der Waals surface area contributed by atoms with Gasteiger partial charge in [-0.15, -0.1) is 0 Å². The average molecular weight is 347 g/mol. The Kier molecular flexibility index (Phi) is 4.58. The fourth-order valence-corrected chi connectivity index (χ4v) is 3.75. The van der Waals surface area contributed by atoms with Crippen LogP contribution in [0.4, 0.5) is 16.2 Å². The van der Waals surface area contributed by atoms with E-state index in [1.165, 1.54) is 0 Å². The number of non-ortho nitro benzene ring substituents is 1. The van der Waals surface area contributed by atoms with Crippen LogP contribution in [0.1, 0.15) is 27.2 Å². The van der Waals surface area contributed by atoms with Gasteiger partial charge in [0.25, 0.3) is 5.69 Å². The number of carbonyl (C=O) groups is 1. The van der Waals surface area contributed by atoms with Gasteiger partial charge in [0.15, 0.2) is 0 Å². The molecule has 0 aromatic heterocycles. The summed E-state index contributed by atoms with van der Waals surface area (Å²) < 4.78 is 5.50. The molecule has 2 atom stereocenters. The maximum absolute atomic E-state index is 12.3. The molecule has 1 aromatic rings. The minimum absolute atomic E-state index is 0.108. The monoisotopic (exact) mass is 347 g/mol. The number of hydrogen-bond donors (Lipinski definition) is 0. The number of ether oxygens (including phenoxy) is 1. The highest BCUT2D eigenvalue weighted by molar-refractivity contribution is 5.68. The van der Waals surface area contributed by atoms with Crippen LogP contribution in [0.25, 0.3) is 0 Å². The molecule has 2 fully saturated rings. The van der Waals surface area contributed by atoms with Crippen LogP contribution in [0.2, 0.25) is 0 Å². The van der Waals surface area contributed by atoms with Crippen molar-refractivity contribution in [1.29, 1.82) is 0 Å². The molecule has 1 aromatic carbocycles. The maximum atomic E-state index is 12.3. The van der Waals surface area contributed by atoms with E-state index in [1.54, 1.807) is 12.1 Å². The Bertz CT molecular complexity index is 639. The summed E-state index contributed by atoms with van der Waals surface area (Å²) in [4.78, 5) is 26.8. The van der Waals surface area contributed by atoms with E-state index in [4.69, 9.17) is 4.74 Å². The number of likely N-dealkylation sites (tertiary alicyclic amines) is 1. The molecule has 25 heavy (non-hydrogen) atoms. The second kappa shape index (κ2) is 6.54. The van der Waals surface area contributed by atoms with Crippen molar-refractivity contribution in [3.05, 3.63) is 34.4 Å². The normalized spacial score (nSPS) is 23.3. The van der Waals surface area contributed by atoms with Crippen molar-refractivity contribution in [3.8, 4) is 0 Å². The lowest BCUT2D eigenvalue weighted by Crippen LogP contribution is -2.54. The zero-order valence-electron chi connectivity index (χ0n) is 15.0. The molecule has 2 unspecified atom stereocenters. The van der Waals surface area contributed by atoms with Crippen LogP contribution in [-0.2, 0) is 4.74 Å². The van der Waals surface area contributed by atoms with Gasteiger partial charge >= 0.3 is 6.09 Å². The lowest BCUT2D eigenvalue weighted by molar-refractivity contribution is -0.384. The van der Waals surface area contributed by atoms with E-state index in [2.05, 4.69) is 4.90 Å². The van der Waals surface area contributed by atoms with E-state index in [-0.39, 0.29) is 16.7 Å². The molecule has 0 aliphatic carbocycles. The van der Waals surface area contributed by atoms with Gasteiger partial charge in [0.05, 0.1) is 4.92 Å². The molecule has 1 amide bonds. The van der Waals surface area contributed by atoms with Crippen LogP contribution in [0.15, 0.2) is 24.3 Å². The van der Waals surface area contributed by atoms with Crippen molar-refractivity contribution in [2.75, 3.05) is 31.1 Å². The van der Waals surface area contributed by atoms with Gasteiger partial charge in [-0.1, -0.05) is 0 Å². The highest BCUT2D eigenvalue weighted by atomic mass is 16.6. The first kappa shape index (κ1) is 17.5. The molecule has 2 aliphatic rings. The van der Waals surface area contributed by atoms with Gasteiger partial charge in [-0.2, -0.15) is 0 Å². The van der Waals surface area contributed by atoms with Crippen LogP contribution < -0.4 is 4.90 Å². The number of amides is 1. The molecule has 0 radical (unpaired) electrons. The van der Waals surface area contributed by atoms with Gasteiger partial charge < -0.3 is 14.5 Å². The predicted molar refractivity (Wildman–Crippen MR) is 94.7 cm³/mol. The van der Waals surface area contributed by atoms with Crippen molar-refractivity contribution < 1.29 is 14.5 Å². The second-order valence-electron chi connectivity index (χ2n) is 8.03. The molecule has 3 rings (SSSR count). The van der Waals surface area contributed by atoms with Gasteiger partial charge in [-0.05, 0) is 51.2 Å². The molecule has 2 aliphatic heterocycles. The van der Waals surface area contributed by atoms with E-state index in [9.17, 15) is 14.9 Å². The minimum Gasteiger partial charge on any atom is -0.444 e. The number of anilines is 1. The topological polar surface area (TPSA) is 75.9 Å². The van der Waals surface area contributed by atoms with E-state index < -0.39 is 5.60 Å². The lowest BCUT2D eigenvalue weighted by atomic mass is 9.84. The fourth-order valence-electron chi connectivity index (χ4n) is 3.75. The number of hydrogen-bond acceptors (Lipinski definition) is 5. The molecule has 136 valence electrons. The molecule has 0 saturated carbocycles. The Morgan fingerprint density at radius 1 is 1.12 bits per heavy atom. The van der Waals surface area contributed by atoms with Crippen molar-refractivity contribution in [2.45, 2.75) is 32.8 Å². The van der Waals surface area contributed by atoms with Crippen LogP contribution in [0.5, 0.6) is 0 Å². The van der Waals surface area contributed by atoms with Crippen molar-refractivity contribution in [2.24, 2.45) is 11.8 Å². The summed E-state index contributed by atoms with van der Waals surface area (Å²) in [5.41, 5.74) is 0.636. The quantitative estimate of drug-likeness (QED) is 0.606. The van der Waals surface area contributed by atoms with Crippen LogP contribution in [-0.4, -0.2) is 47.7 Å². The number of benzene rings is 1. The molecule has 7 heteroatoms. The number of carbonyl (C=O) groups excluding carboxylic acids is 1. The summed E-state index contributed by atoms with van der Waals surface area (Å²) >= 11 is 0. The molecule has 2 bridgehead atoms. The van der Waals surface area contributed by atoms with E-state index in [0.29, 0.717) is 24.9 Å². The smallest absolute Gasteiger partial charge is 0.410 e. The molecule has 2 heterocycles. The van der Waals surface area contributed by atoms with Crippen molar-refractivity contribution >= 4 is 17.5 Å². The third-order valence-electron chi connectivity index (χ3n) is 4.66. The summed E-state index contributed by atoms with van der Waals surface area (Å²) in [5.74, 6) is 0.797. The Morgan fingerprint density at radius 2 is 1.68 bits per heavy atom. The van der Waals surface area contributed by atoms with E-state index in [1.807, 2.05) is 37.8 Å². The number of nitro benzene ring substituents is 1. The first-order chi connectivity index (χ1) is 11.7. The van der Waals surface area contributed by atoms with Crippen LogP contribution in [0, 0.1) is 22.0 Å². The second-order valence-corrected chi connectivity index (χ2v) is 8.03. The highest BCUT2D eigenvalue weighted by Crippen LogP contribution is 2.32. The number of piperidine rings is 2. The SMILES string of the molecule is CC(C)(C)OC(=O)N1CC2CC(C1)CN(c1ccc([N+](=O)[O-])cc1)C2. The number of fused-ring (bicyclic) bond motifs is 2. The molecular weight excluding hydrogens is 322 g/mol. The standard InChI is InChI=1S/C18H25N3O4/c1-18(2,3)25-17(22)20-11-13-8-14(12-20)10-19(9-13)15-4-6-16(7-5-15)21(23)24/h4-7,13-14H,8-12H2,1-3H3. The molecule has 2 saturated heterocycles. The number of rotatable bonds is 2. The predicted octanol–water partition coefficient (Wildman–Crippen LogP) is 3.29. The molecule has 0 spiro atoms. The minimum atomic E-state index is -0.478. The first-order valence-corrected chi connectivity index (χ1v) is 8.68. The third kappa shape index (κ3) is 4.21. The fraction of sp³-hybridized carbons (Fsp3) is 0.611. The van der Waals surface area contributed by atoms with Crippen molar-refractivity contribution in [3.63, 3.8) is 0 Å². The van der Waals surface area contributed by atoms with Crippen LogP contribution in [0.3, 0.4) is 0 Å². The lowest BCUT2D eigenvalue weighted by Gasteiger charge is -2.46. The molecular formula is C18H25N3O4. The average Bonchev–Trinajstić information content (AvgIpc) is 2.52. The Balaban J connectivity index is 1.64. The number of nitro groups is 1. The van der Waals surface area contributed by atoms with Crippen LogP contribution >= 0.6 is 0 Å². The number of nitrogens with zero attached hydrogens (tertiary/aromatic N) is 3. The zero-order chi connectivity index (χ0) is 18.2. The highest BCUT2D eigenvalue weighted by Gasteiger charge is 2.37. The van der Waals surface area contributed by atoms with Crippen molar-refractivity contribution in [1.82, 2.24) is 4.90 Å². The Hall–Kier alpha value is -2.31. The Labute approximate surface area is 147 Å². The van der Waals surface area contributed by atoms with Gasteiger partial charge in [-0.3, -0.25) is 10.1 Å². The van der Waals surface area contributed by atoms with Gasteiger partial charge in [-0.25, -0.2) is 4.79 Å². The maximum Gasteiger partial charge on any atom is 0.410 e. The molecule has 0 N–H and O–H groups in total. The summed E-state index contributed by atoms with van der Waals surface area (Å²) in [6.45, 7) is 8.76. The zero-order valence-corrected chi connectivity index (χ0v) is 15.0. The Morgan fingerprint density at radius 3 is 2.16 bits per heavy atom. The van der Waals surface area contributed by atoms with E-state index in [0.717, 1.165) is 25.2 Å². The van der Waals surface area contributed by atoms with E-state index >= 15 is 0 Å². The largest absolute Gasteiger partial charge is 0.444 e.